The van der Waals surface area contributed by atoms with E-state index in [4.69, 9.17) is 0 Å². The number of benzene rings is 1. The minimum absolute atomic E-state index is 0.0499. The van der Waals surface area contributed by atoms with Crippen molar-refractivity contribution >= 4 is 5.91 Å². The number of amides is 1. The minimum atomic E-state index is 0.0499. The number of carbonyl (C=O) groups is 1. The van der Waals surface area contributed by atoms with Gasteiger partial charge in [-0.15, -0.1) is 0 Å². The van der Waals surface area contributed by atoms with Gasteiger partial charge in [0.25, 0.3) is 5.91 Å². The monoisotopic (exact) mass is 247 g/mol. The van der Waals surface area contributed by atoms with Gasteiger partial charge < -0.3 is 5.32 Å². The van der Waals surface area contributed by atoms with Crippen LogP contribution in [0.15, 0.2) is 0 Å². The highest BCUT2D eigenvalue weighted by atomic mass is 16.1. The molecule has 0 aromatic heterocycles. The molecule has 2 nitrogen and oxygen atoms in total. The van der Waals surface area contributed by atoms with Crippen molar-refractivity contribution in [2.45, 2.75) is 60.9 Å². The lowest BCUT2D eigenvalue weighted by molar-refractivity contribution is 0.0941. The molecule has 0 saturated heterocycles. The van der Waals surface area contributed by atoms with Crippen molar-refractivity contribution in [3.63, 3.8) is 0 Å². The van der Waals surface area contributed by atoms with E-state index in [1.54, 1.807) is 0 Å². The summed E-state index contributed by atoms with van der Waals surface area (Å²) in [5.41, 5.74) is 6.99. The van der Waals surface area contributed by atoms with Gasteiger partial charge >= 0.3 is 0 Å². The molecule has 0 aliphatic rings. The first-order chi connectivity index (χ1) is 8.31. The van der Waals surface area contributed by atoms with E-state index in [9.17, 15) is 4.79 Å². The predicted molar refractivity (Wildman–Crippen MR) is 77.4 cm³/mol. The molecule has 1 N–H and O–H groups in total. The quantitative estimate of drug-likeness (QED) is 0.868. The fourth-order valence-corrected chi connectivity index (χ4v) is 2.60. The van der Waals surface area contributed by atoms with E-state index in [0.29, 0.717) is 0 Å². The molecule has 0 atom stereocenters. The maximum absolute atomic E-state index is 12.3. The second-order valence-electron chi connectivity index (χ2n) is 5.34. The van der Waals surface area contributed by atoms with Crippen LogP contribution in [0.5, 0.6) is 0 Å². The highest BCUT2D eigenvalue weighted by Crippen LogP contribution is 2.27. The SMILES string of the molecule is CCc1c(C)c(C)c(C(=O)NC(C)C)c(C)c1C. The van der Waals surface area contributed by atoms with Gasteiger partial charge in [-0.05, 0) is 75.8 Å². The highest BCUT2D eigenvalue weighted by Gasteiger charge is 2.19. The summed E-state index contributed by atoms with van der Waals surface area (Å²) < 4.78 is 0. The Morgan fingerprint density at radius 3 is 1.78 bits per heavy atom. The van der Waals surface area contributed by atoms with E-state index in [0.717, 1.165) is 23.1 Å². The predicted octanol–water partition coefficient (Wildman–Crippen LogP) is 3.62. The van der Waals surface area contributed by atoms with Crippen LogP contribution in [-0.4, -0.2) is 11.9 Å². The standard InChI is InChI=1S/C16H25NO/c1-8-14-10(4)12(6)15(13(7)11(14)5)16(18)17-9(2)3/h9H,8H2,1-7H3,(H,17,18). The van der Waals surface area contributed by atoms with Gasteiger partial charge in [0.2, 0.25) is 0 Å². The molecular weight excluding hydrogens is 222 g/mol. The van der Waals surface area contributed by atoms with Crippen LogP contribution in [0, 0.1) is 27.7 Å². The molecule has 0 spiro atoms. The Labute approximate surface area is 111 Å². The smallest absolute Gasteiger partial charge is 0.252 e. The van der Waals surface area contributed by atoms with Crippen LogP contribution in [-0.2, 0) is 6.42 Å². The zero-order chi connectivity index (χ0) is 14.0. The number of hydrogen-bond acceptors (Lipinski definition) is 1. The average Bonchev–Trinajstić information content (AvgIpc) is 2.26. The molecule has 100 valence electrons. The van der Waals surface area contributed by atoms with Crippen LogP contribution in [0.2, 0.25) is 0 Å². The lowest BCUT2D eigenvalue weighted by Gasteiger charge is -2.20. The van der Waals surface area contributed by atoms with Gasteiger partial charge in [0.05, 0.1) is 0 Å². The van der Waals surface area contributed by atoms with Crippen molar-refractivity contribution in [1.82, 2.24) is 5.32 Å². The molecule has 1 aromatic carbocycles. The van der Waals surface area contributed by atoms with Gasteiger partial charge in [-0.1, -0.05) is 6.92 Å². The van der Waals surface area contributed by atoms with Crippen LogP contribution in [0.1, 0.15) is 58.9 Å². The molecule has 0 aliphatic carbocycles. The lowest BCUT2D eigenvalue weighted by Crippen LogP contribution is -2.31. The fraction of sp³-hybridized carbons (Fsp3) is 0.562. The Bertz CT molecular complexity index is 443. The average molecular weight is 247 g/mol. The van der Waals surface area contributed by atoms with E-state index in [1.807, 2.05) is 13.8 Å². The van der Waals surface area contributed by atoms with Gasteiger partial charge in [-0.25, -0.2) is 0 Å². The van der Waals surface area contributed by atoms with E-state index in [2.05, 4.69) is 39.9 Å². The molecule has 1 aromatic rings. The Kier molecular flexibility index (Phi) is 4.55. The van der Waals surface area contributed by atoms with Gasteiger partial charge in [-0.2, -0.15) is 0 Å². The summed E-state index contributed by atoms with van der Waals surface area (Å²) in [6, 6.07) is 0.169. The van der Waals surface area contributed by atoms with Crippen molar-refractivity contribution in [1.29, 1.82) is 0 Å². The first kappa shape index (κ1) is 14.7. The third-order valence-corrected chi connectivity index (χ3v) is 3.78. The number of carbonyl (C=O) groups excluding carboxylic acids is 1. The second-order valence-corrected chi connectivity index (χ2v) is 5.34. The summed E-state index contributed by atoms with van der Waals surface area (Å²) in [6.45, 7) is 14.5. The van der Waals surface area contributed by atoms with Crippen molar-refractivity contribution < 1.29 is 4.79 Å². The number of rotatable bonds is 3. The van der Waals surface area contributed by atoms with Crippen LogP contribution in [0.25, 0.3) is 0 Å². The fourth-order valence-electron chi connectivity index (χ4n) is 2.60. The molecule has 0 bridgehead atoms. The summed E-state index contributed by atoms with van der Waals surface area (Å²) in [5, 5.41) is 2.99. The Morgan fingerprint density at radius 2 is 1.44 bits per heavy atom. The van der Waals surface area contributed by atoms with E-state index >= 15 is 0 Å². The minimum Gasteiger partial charge on any atom is -0.350 e. The molecular formula is C16H25NO. The topological polar surface area (TPSA) is 29.1 Å². The molecule has 0 saturated carbocycles. The summed E-state index contributed by atoms with van der Waals surface area (Å²) in [5.74, 6) is 0.0499. The molecule has 1 rings (SSSR count). The maximum atomic E-state index is 12.3. The third kappa shape index (κ3) is 2.58. The first-order valence-corrected chi connectivity index (χ1v) is 6.71. The van der Waals surface area contributed by atoms with Gasteiger partial charge in [0.15, 0.2) is 0 Å². The summed E-state index contributed by atoms with van der Waals surface area (Å²) in [6.07, 6.45) is 1.02. The van der Waals surface area contributed by atoms with E-state index in [-0.39, 0.29) is 11.9 Å². The summed E-state index contributed by atoms with van der Waals surface area (Å²) >= 11 is 0. The molecule has 0 aliphatic heterocycles. The zero-order valence-electron chi connectivity index (χ0n) is 12.7. The molecule has 1 amide bonds. The van der Waals surface area contributed by atoms with Gasteiger partial charge in [-0.3, -0.25) is 4.79 Å². The van der Waals surface area contributed by atoms with Crippen LogP contribution < -0.4 is 5.32 Å². The van der Waals surface area contributed by atoms with Crippen molar-refractivity contribution in [2.24, 2.45) is 0 Å². The highest BCUT2D eigenvalue weighted by molar-refractivity contribution is 5.98. The third-order valence-electron chi connectivity index (χ3n) is 3.78. The van der Waals surface area contributed by atoms with Gasteiger partial charge in [0, 0.05) is 11.6 Å². The largest absolute Gasteiger partial charge is 0.350 e. The zero-order valence-corrected chi connectivity index (χ0v) is 12.7. The van der Waals surface area contributed by atoms with Crippen molar-refractivity contribution in [3.8, 4) is 0 Å². The number of hydrogen-bond donors (Lipinski definition) is 1. The van der Waals surface area contributed by atoms with Crippen LogP contribution in [0.3, 0.4) is 0 Å². The number of nitrogens with one attached hydrogen (secondary N) is 1. The molecule has 18 heavy (non-hydrogen) atoms. The lowest BCUT2D eigenvalue weighted by atomic mass is 9.87. The van der Waals surface area contributed by atoms with Gasteiger partial charge in [0.1, 0.15) is 0 Å². The maximum Gasteiger partial charge on any atom is 0.252 e. The Morgan fingerprint density at radius 1 is 1.00 bits per heavy atom. The molecule has 0 fully saturated rings. The second kappa shape index (κ2) is 5.55. The molecule has 0 unspecified atom stereocenters. The first-order valence-electron chi connectivity index (χ1n) is 6.71. The normalized spacial score (nSPS) is 10.9. The van der Waals surface area contributed by atoms with Crippen molar-refractivity contribution in [2.75, 3.05) is 0 Å². The molecule has 0 radical (unpaired) electrons. The molecule has 0 heterocycles. The van der Waals surface area contributed by atoms with E-state index < -0.39 is 0 Å². The van der Waals surface area contributed by atoms with E-state index in [1.165, 1.54) is 16.7 Å². The van der Waals surface area contributed by atoms with Crippen LogP contribution >= 0.6 is 0 Å². The Balaban J connectivity index is 3.42. The summed E-state index contributed by atoms with van der Waals surface area (Å²) in [7, 11) is 0. The van der Waals surface area contributed by atoms with Crippen LogP contribution in [0.4, 0.5) is 0 Å². The Hall–Kier alpha value is -1.31. The van der Waals surface area contributed by atoms with Crippen molar-refractivity contribution in [3.05, 3.63) is 33.4 Å². The summed E-state index contributed by atoms with van der Waals surface area (Å²) in [4.78, 5) is 12.3. The molecule has 2 heteroatoms.